The molecular weight excluding hydrogens is 440 g/mol. The van der Waals surface area contributed by atoms with E-state index in [0.29, 0.717) is 36.1 Å². The first-order valence-electron chi connectivity index (χ1n) is 12.0. The zero-order valence-corrected chi connectivity index (χ0v) is 19.9. The van der Waals surface area contributed by atoms with Crippen LogP contribution in [0.15, 0.2) is 77.2 Å². The van der Waals surface area contributed by atoms with Crippen molar-refractivity contribution in [1.29, 1.82) is 0 Å². The van der Waals surface area contributed by atoms with Gasteiger partial charge >= 0.3 is 0 Å². The fraction of sp³-hybridized carbons (Fsp3) is 0.241. The smallest absolute Gasteiger partial charge is 0.224 e. The van der Waals surface area contributed by atoms with Crippen LogP contribution in [-0.4, -0.2) is 23.6 Å². The molecule has 0 spiro atoms. The molecule has 0 aliphatic carbocycles. The average molecular weight is 469 g/mol. The molecule has 0 radical (unpaired) electrons. The Hall–Kier alpha value is -4.06. The molecule has 178 valence electrons. The lowest BCUT2D eigenvalue weighted by Crippen LogP contribution is -2.13. The molecule has 5 rings (SSSR count). The van der Waals surface area contributed by atoms with E-state index < -0.39 is 0 Å². The summed E-state index contributed by atoms with van der Waals surface area (Å²) in [5, 5.41) is 2.98. The lowest BCUT2D eigenvalue weighted by atomic mass is 10.1. The van der Waals surface area contributed by atoms with Crippen LogP contribution in [0.25, 0.3) is 22.6 Å². The van der Waals surface area contributed by atoms with Gasteiger partial charge in [0.2, 0.25) is 5.91 Å². The maximum Gasteiger partial charge on any atom is 0.224 e. The number of rotatable bonds is 8. The average Bonchev–Trinajstić information content (AvgIpc) is 3.47. The molecule has 1 atom stereocenters. The van der Waals surface area contributed by atoms with E-state index in [1.54, 1.807) is 0 Å². The summed E-state index contributed by atoms with van der Waals surface area (Å²) in [7, 11) is 0. The van der Waals surface area contributed by atoms with E-state index in [2.05, 4.69) is 5.32 Å². The van der Waals surface area contributed by atoms with Gasteiger partial charge in [0.05, 0.1) is 12.3 Å². The first-order chi connectivity index (χ1) is 17.1. The topological polar surface area (TPSA) is 73.6 Å². The van der Waals surface area contributed by atoms with Crippen molar-refractivity contribution in [1.82, 2.24) is 4.98 Å². The Labute approximate surface area is 204 Å². The number of oxazole rings is 1. The lowest BCUT2D eigenvalue weighted by molar-refractivity contribution is -0.116. The second-order valence-corrected chi connectivity index (χ2v) is 8.59. The van der Waals surface area contributed by atoms with Crippen molar-refractivity contribution in [3.63, 3.8) is 0 Å². The number of amides is 1. The van der Waals surface area contributed by atoms with E-state index >= 15 is 0 Å². The van der Waals surface area contributed by atoms with E-state index in [-0.39, 0.29) is 18.4 Å². The van der Waals surface area contributed by atoms with Crippen LogP contribution in [-0.2, 0) is 17.6 Å². The summed E-state index contributed by atoms with van der Waals surface area (Å²) in [6.07, 6.45) is 1.55. The van der Waals surface area contributed by atoms with E-state index in [1.165, 1.54) is 0 Å². The van der Waals surface area contributed by atoms with E-state index in [9.17, 15) is 4.79 Å². The predicted octanol–water partition coefficient (Wildman–Crippen LogP) is 6.30. The SMILES string of the molecule is CCOc1cc2c(cc1NC(=O)CCc1nc(-c3ccccc3)c(-c3ccccc3)o1)OC(C)C2. The Morgan fingerprint density at radius 1 is 1.06 bits per heavy atom. The standard InChI is InChI=1S/C29H28N2O4/c1-3-33-25-17-22-16-19(2)34-24(22)18-23(25)30-26(32)14-15-27-31-28(20-10-6-4-7-11-20)29(35-27)21-12-8-5-9-13-21/h4-13,17-19H,3,14-16H2,1-2H3,(H,30,32). The van der Waals surface area contributed by atoms with Gasteiger partial charge < -0.3 is 19.2 Å². The number of fused-ring (bicyclic) bond motifs is 1. The normalized spacial score (nSPS) is 14.3. The Morgan fingerprint density at radius 2 is 1.77 bits per heavy atom. The van der Waals surface area contributed by atoms with Crippen LogP contribution in [0.4, 0.5) is 5.69 Å². The molecule has 0 fully saturated rings. The monoisotopic (exact) mass is 468 g/mol. The number of benzene rings is 3. The summed E-state index contributed by atoms with van der Waals surface area (Å²) in [5.41, 5.74) is 4.41. The van der Waals surface area contributed by atoms with Crippen LogP contribution < -0.4 is 14.8 Å². The third-order valence-electron chi connectivity index (χ3n) is 5.89. The highest BCUT2D eigenvalue weighted by molar-refractivity contribution is 5.93. The van der Waals surface area contributed by atoms with Crippen LogP contribution in [0.2, 0.25) is 0 Å². The zero-order valence-electron chi connectivity index (χ0n) is 19.9. The van der Waals surface area contributed by atoms with Gasteiger partial charge in [-0.05, 0) is 19.9 Å². The molecule has 1 amide bonds. The maximum absolute atomic E-state index is 12.9. The van der Waals surface area contributed by atoms with Crippen molar-refractivity contribution >= 4 is 11.6 Å². The van der Waals surface area contributed by atoms with Crippen LogP contribution in [0, 0.1) is 0 Å². The van der Waals surface area contributed by atoms with Crippen LogP contribution in [0.1, 0.15) is 31.7 Å². The molecule has 1 aromatic heterocycles. The number of anilines is 1. The van der Waals surface area contributed by atoms with E-state index in [1.807, 2.05) is 86.6 Å². The first-order valence-corrected chi connectivity index (χ1v) is 12.0. The second kappa shape index (κ2) is 10.1. The fourth-order valence-electron chi connectivity index (χ4n) is 4.29. The minimum Gasteiger partial charge on any atom is -0.492 e. The summed E-state index contributed by atoms with van der Waals surface area (Å²) in [5.74, 6) is 2.54. The molecule has 35 heavy (non-hydrogen) atoms. The van der Waals surface area contributed by atoms with Crippen LogP contribution in [0.5, 0.6) is 11.5 Å². The summed E-state index contributed by atoms with van der Waals surface area (Å²) in [6.45, 7) is 4.47. The number of hydrogen-bond donors (Lipinski definition) is 1. The van der Waals surface area contributed by atoms with Crippen molar-refractivity contribution in [2.45, 2.75) is 39.2 Å². The highest BCUT2D eigenvalue weighted by Gasteiger charge is 2.23. The van der Waals surface area contributed by atoms with Crippen molar-refractivity contribution in [3.05, 3.63) is 84.3 Å². The molecule has 4 aromatic rings. The highest BCUT2D eigenvalue weighted by atomic mass is 16.5. The van der Waals surface area contributed by atoms with Gasteiger partial charge in [0.25, 0.3) is 0 Å². The summed E-state index contributed by atoms with van der Waals surface area (Å²) in [4.78, 5) is 17.6. The number of carbonyl (C=O) groups is 1. The van der Waals surface area contributed by atoms with E-state index in [4.69, 9.17) is 18.9 Å². The third kappa shape index (κ3) is 5.06. The number of hydrogen-bond acceptors (Lipinski definition) is 5. The lowest BCUT2D eigenvalue weighted by Gasteiger charge is -2.13. The second-order valence-electron chi connectivity index (χ2n) is 8.59. The van der Waals surface area contributed by atoms with Crippen molar-refractivity contribution < 1.29 is 18.7 Å². The number of aryl methyl sites for hydroxylation is 1. The van der Waals surface area contributed by atoms with Gasteiger partial charge in [0, 0.05) is 42.0 Å². The predicted molar refractivity (Wildman–Crippen MR) is 136 cm³/mol. The fourth-order valence-corrected chi connectivity index (χ4v) is 4.29. The zero-order chi connectivity index (χ0) is 24.2. The first kappa shape index (κ1) is 22.7. The number of nitrogens with one attached hydrogen (secondary N) is 1. The summed E-state index contributed by atoms with van der Waals surface area (Å²) >= 11 is 0. The van der Waals surface area contributed by atoms with Crippen molar-refractivity contribution in [2.75, 3.05) is 11.9 Å². The largest absolute Gasteiger partial charge is 0.492 e. The van der Waals surface area contributed by atoms with E-state index in [0.717, 1.165) is 34.6 Å². The Kier molecular flexibility index (Phi) is 6.53. The molecule has 2 heterocycles. The molecular formula is C29H28N2O4. The van der Waals surface area contributed by atoms with Crippen LogP contribution in [0.3, 0.4) is 0 Å². The molecule has 6 nitrogen and oxygen atoms in total. The van der Waals surface area contributed by atoms with Crippen LogP contribution >= 0.6 is 0 Å². The number of carbonyl (C=O) groups excluding carboxylic acids is 1. The Bertz CT molecular complexity index is 1260. The highest BCUT2D eigenvalue weighted by Crippen LogP contribution is 2.38. The summed E-state index contributed by atoms with van der Waals surface area (Å²) in [6, 6.07) is 23.6. The van der Waals surface area contributed by atoms with Gasteiger partial charge in [-0.2, -0.15) is 0 Å². The third-order valence-corrected chi connectivity index (χ3v) is 5.89. The van der Waals surface area contributed by atoms with Crippen molar-refractivity contribution in [3.8, 4) is 34.1 Å². The molecule has 0 saturated heterocycles. The van der Waals surface area contributed by atoms with Gasteiger partial charge in [-0.3, -0.25) is 4.79 Å². The van der Waals surface area contributed by atoms with Gasteiger partial charge in [0.15, 0.2) is 11.7 Å². The van der Waals surface area contributed by atoms with Gasteiger partial charge in [-0.1, -0.05) is 60.7 Å². The molecule has 1 unspecified atom stereocenters. The number of nitrogens with zero attached hydrogens (tertiary/aromatic N) is 1. The Morgan fingerprint density at radius 3 is 2.49 bits per heavy atom. The number of aromatic nitrogens is 1. The minimum absolute atomic E-state index is 0.119. The summed E-state index contributed by atoms with van der Waals surface area (Å²) < 4.78 is 17.8. The molecule has 1 aliphatic heterocycles. The van der Waals surface area contributed by atoms with Crippen molar-refractivity contribution in [2.24, 2.45) is 0 Å². The van der Waals surface area contributed by atoms with Gasteiger partial charge in [-0.25, -0.2) is 4.98 Å². The minimum atomic E-state index is -0.141. The molecule has 1 aliphatic rings. The number of ether oxygens (including phenoxy) is 2. The molecule has 3 aromatic carbocycles. The molecule has 0 saturated carbocycles. The van der Waals surface area contributed by atoms with Gasteiger partial charge in [-0.15, -0.1) is 0 Å². The Balaban J connectivity index is 1.34. The quantitative estimate of drug-likeness (QED) is 0.328. The maximum atomic E-state index is 12.9. The van der Waals surface area contributed by atoms with Gasteiger partial charge in [0.1, 0.15) is 23.3 Å². The molecule has 0 bridgehead atoms. The molecule has 6 heteroatoms. The molecule has 1 N–H and O–H groups in total.